The van der Waals surface area contributed by atoms with E-state index in [9.17, 15) is 4.79 Å². The lowest BCUT2D eigenvalue weighted by Gasteiger charge is -2.09. The zero-order chi connectivity index (χ0) is 15.8. The fourth-order valence-corrected chi connectivity index (χ4v) is 2.35. The average molecular weight is 300 g/mol. The number of amides is 2. The van der Waals surface area contributed by atoms with Crippen molar-refractivity contribution >= 4 is 23.1 Å². The van der Waals surface area contributed by atoms with Gasteiger partial charge in [0, 0.05) is 24.9 Å². The third-order valence-corrected chi connectivity index (χ3v) is 3.56. The van der Waals surface area contributed by atoms with Crippen LogP contribution in [0.25, 0.3) is 5.57 Å². The number of carbonyl (C=O) groups is 1. The van der Waals surface area contributed by atoms with Crippen molar-refractivity contribution in [3.05, 3.63) is 36.0 Å². The van der Waals surface area contributed by atoms with E-state index in [1.54, 1.807) is 6.20 Å². The fraction of sp³-hybridized carbons (Fsp3) is 0.412. The first-order valence-electron chi connectivity index (χ1n) is 7.85. The standard InChI is InChI=1S/C17H24N4O/c1-2-3-4-5-9-19-17(22)21-15-8-6-7-13(10-15)14-11-16(18)20-12-14/h6-8,10,12H,2-5,9,11H2,1H3,(H2,18,20)(H2,19,21,22). The normalized spacial score (nSPS) is 13.5. The Hall–Kier alpha value is -2.30. The maximum Gasteiger partial charge on any atom is 0.319 e. The molecule has 4 N–H and O–H groups in total. The first kappa shape index (κ1) is 16.1. The van der Waals surface area contributed by atoms with E-state index in [1.165, 1.54) is 12.8 Å². The molecule has 2 rings (SSSR count). The number of nitrogens with zero attached hydrogens (tertiary/aromatic N) is 1. The van der Waals surface area contributed by atoms with Crippen LogP contribution in [-0.2, 0) is 0 Å². The van der Waals surface area contributed by atoms with Crippen LogP contribution in [0.1, 0.15) is 44.6 Å². The van der Waals surface area contributed by atoms with Crippen LogP contribution < -0.4 is 16.4 Å². The highest BCUT2D eigenvalue weighted by molar-refractivity contribution is 5.96. The first-order chi connectivity index (χ1) is 10.7. The van der Waals surface area contributed by atoms with Gasteiger partial charge in [-0.2, -0.15) is 0 Å². The van der Waals surface area contributed by atoms with E-state index in [-0.39, 0.29) is 6.03 Å². The summed E-state index contributed by atoms with van der Waals surface area (Å²) in [6.07, 6.45) is 7.02. The van der Waals surface area contributed by atoms with Crippen molar-refractivity contribution in [2.24, 2.45) is 10.7 Å². The number of hydrogen-bond donors (Lipinski definition) is 3. The van der Waals surface area contributed by atoms with Crippen LogP contribution in [0.4, 0.5) is 10.5 Å². The van der Waals surface area contributed by atoms with Gasteiger partial charge in [0.05, 0.1) is 0 Å². The molecular weight excluding hydrogens is 276 g/mol. The quantitative estimate of drug-likeness (QED) is 0.674. The molecule has 1 aliphatic rings. The first-order valence-corrected chi connectivity index (χ1v) is 7.85. The number of urea groups is 1. The summed E-state index contributed by atoms with van der Waals surface area (Å²) >= 11 is 0. The molecule has 0 bridgehead atoms. The van der Waals surface area contributed by atoms with Gasteiger partial charge >= 0.3 is 6.03 Å². The largest absolute Gasteiger partial charge is 0.387 e. The summed E-state index contributed by atoms with van der Waals surface area (Å²) in [6.45, 7) is 2.88. The van der Waals surface area contributed by atoms with Crippen molar-refractivity contribution in [3.63, 3.8) is 0 Å². The number of unbranched alkanes of at least 4 members (excludes halogenated alkanes) is 3. The van der Waals surface area contributed by atoms with Gasteiger partial charge in [0.1, 0.15) is 5.84 Å². The molecule has 0 unspecified atom stereocenters. The second-order valence-electron chi connectivity index (χ2n) is 5.47. The van der Waals surface area contributed by atoms with Crippen molar-refractivity contribution in [2.45, 2.75) is 39.0 Å². The van der Waals surface area contributed by atoms with Gasteiger partial charge in [0.2, 0.25) is 0 Å². The summed E-state index contributed by atoms with van der Waals surface area (Å²) in [5.74, 6) is 0.623. The van der Waals surface area contributed by atoms with Crippen molar-refractivity contribution in [1.82, 2.24) is 5.32 Å². The molecular formula is C17H24N4O. The summed E-state index contributed by atoms with van der Waals surface area (Å²) in [5.41, 5.74) is 8.56. The molecule has 1 heterocycles. The number of amidine groups is 1. The van der Waals surface area contributed by atoms with E-state index in [0.29, 0.717) is 18.8 Å². The molecule has 1 aromatic rings. The van der Waals surface area contributed by atoms with E-state index in [1.807, 2.05) is 24.3 Å². The number of hydrogen-bond acceptors (Lipinski definition) is 3. The smallest absolute Gasteiger partial charge is 0.319 e. The van der Waals surface area contributed by atoms with Crippen molar-refractivity contribution in [3.8, 4) is 0 Å². The Balaban J connectivity index is 1.82. The van der Waals surface area contributed by atoms with Crippen LogP contribution in [0.3, 0.4) is 0 Å². The van der Waals surface area contributed by atoms with E-state index >= 15 is 0 Å². The van der Waals surface area contributed by atoms with Crippen LogP contribution in [0.2, 0.25) is 0 Å². The molecule has 22 heavy (non-hydrogen) atoms. The predicted octanol–water partition coefficient (Wildman–Crippen LogP) is 3.49. The van der Waals surface area contributed by atoms with Crippen molar-refractivity contribution in [2.75, 3.05) is 11.9 Å². The van der Waals surface area contributed by atoms with Crippen molar-refractivity contribution in [1.29, 1.82) is 0 Å². The third kappa shape index (κ3) is 4.91. The molecule has 0 saturated carbocycles. The number of benzene rings is 1. The molecule has 118 valence electrons. The molecule has 0 radical (unpaired) electrons. The summed E-state index contributed by atoms with van der Waals surface area (Å²) in [5, 5.41) is 5.74. The Morgan fingerprint density at radius 1 is 1.32 bits per heavy atom. The second kappa shape index (κ2) is 8.22. The van der Waals surface area contributed by atoms with E-state index in [0.717, 1.165) is 29.7 Å². The Morgan fingerprint density at radius 2 is 2.18 bits per heavy atom. The highest BCUT2D eigenvalue weighted by atomic mass is 16.2. The van der Waals surface area contributed by atoms with Gasteiger partial charge in [-0.15, -0.1) is 0 Å². The molecule has 0 aliphatic carbocycles. The van der Waals surface area contributed by atoms with Crippen LogP contribution in [0, 0.1) is 0 Å². The summed E-state index contributed by atoms with van der Waals surface area (Å²) in [7, 11) is 0. The highest BCUT2D eigenvalue weighted by Crippen LogP contribution is 2.24. The average Bonchev–Trinajstić information content (AvgIpc) is 2.94. The molecule has 1 aliphatic heterocycles. The molecule has 0 saturated heterocycles. The molecule has 0 fully saturated rings. The SMILES string of the molecule is CCCCCCNC(=O)Nc1cccc(C2=CN=C(N)C2)c1. The third-order valence-electron chi connectivity index (χ3n) is 3.56. The number of carbonyl (C=O) groups excluding carboxylic acids is 1. The predicted molar refractivity (Wildman–Crippen MR) is 91.8 cm³/mol. The van der Waals surface area contributed by atoms with Crippen LogP contribution in [0.5, 0.6) is 0 Å². The molecule has 5 heteroatoms. The molecule has 5 nitrogen and oxygen atoms in total. The minimum Gasteiger partial charge on any atom is -0.387 e. The van der Waals surface area contributed by atoms with Gasteiger partial charge in [-0.3, -0.25) is 0 Å². The monoisotopic (exact) mass is 300 g/mol. The van der Waals surface area contributed by atoms with Crippen LogP contribution in [-0.4, -0.2) is 18.4 Å². The van der Waals surface area contributed by atoms with Crippen LogP contribution in [0.15, 0.2) is 35.5 Å². The number of aliphatic imine (C=N–C) groups is 1. The molecule has 0 spiro atoms. The van der Waals surface area contributed by atoms with Gasteiger partial charge in [-0.05, 0) is 29.7 Å². The Labute approximate surface area is 131 Å². The van der Waals surface area contributed by atoms with Gasteiger partial charge in [-0.1, -0.05) is 38.3 Å². The minimum absolute atomic E-state index is 0.162. The zero-order valence-corrected chi connectivity index (χ0v) is 13.1. The van der Waals surface area contributed by atoms with Gasteiger partial charge in [0.25, 0.3) is 0 Å². The van der Waals surface area contributed by atoms with E-state index in [4.69, 9.17) is 5.73 Å². The molecule has 0 aromatic heterocycles. The lowest BCUT2D eigenvalue weighted by molar-refractivity contribution is 0.252. The highest BCUT2D eigenvalue weighted by Gasteiger charge is 2.10. The number of rotatable bonds is 7. The maximum absolute atomic E-state index is 11.9. The Bertz CT molecular complexity index is 578. The second-order valence-corrected chi connectivity index (χ2v) is 5.47. The van der Waals surface area contributed by atoms with Crippen molar-refractivity contribution < 1.29 is 4.79 Å². The summed E-state index contributed by atoms with van der Waals surface area (Å²) in [4.78, 5) is 15.9. The molecule has 2 amide bonds. The van der Waals surface area contributed by atoms with Gasteiger partial charge < -0.3 is 16.4 Å². The summed E-state index contributed by atoms with van der Waals surface area (Å²) in [6, 6.07) is 7.57. The van der Waals surface area contributed by atoms with Gasteiger partial charge in [-0.25, -0.2) is 9.79 Å². The van der Waals surface area contributed by atoms with Crippen LogP contribution >= 0.6 is 0 Å². The number of nitrogens with two attached hydrogens (primary N) is 1. The molecule has 0 atom stereocenters. The van der Waals surface area contributed by atoms with E-state index < -0.39 is 0 Å². The summed E-state index contributed by atoms with van der Waals surface area (Å²) < 4.78 is 0. The lowest BCUT2D eigenvalue weighted by atomic mass is 10.0. The van der Waals surface area contributed by atoms with Gasteiger partial charge in [0.15, 0.2) is 0 Å². The zero-order valence-electron chi connectivity index (χ0n) is 13.1. The fourth-order valence-electron chi connectivity index (χ4n) is 2.35. The Morgan fingerprint density at radius 3 is 2.91 bits per heavy atom. The minimum atomic E-state index is -0.162. The molecule has 1 aromatic carbocycles. The topological polar surface area (TPSA) is 79.5 Å². The number of nitrogens with one attached hydrogen (secondary N) is 2. The maximum atomic E-state index is 11.9. The lowest BCUT2D eigenvalue weighted by Crippen LogP contribution is -2.29. The van der Waals surface area contributed by atoms with E-state index in [2.05, 4.69) is 22.5 Å². The number of anilines is 1. The Kier molecular flexibility index (Phi) is 6.01.